The topological polar surface area (TPSA) is 42.0 Å². The predicted molar refractivity (Wildman–Crippen MR) is 122 cm³/mol. The molecule has 0 radical (unpaired) electrons. The number of pyridine rings is 1. The number of benzene rings is 2. The van der Waals surface area contributed by atoms with Gasteiger partial charge >= 0.3 is 6.18 Å². The number of hydrogen-bond acceptors (Lipinski definition) is 2. The van der Waals surface area contributed by atoms with Gasteiger partial charge in [-0.25, -0.2) is 0 Å². The lowest BCUT2D eigenvalue weighted by molar-refractivity contribution is -0.139. The van der Waals surface area contributed by atoms with E-state index in [1.165, 1.54) is 18.2 Å². The Hall–Kier alpha value is -3.12. The number of hydrogen-bond donors (Lipinski definition) is 1. The van der Waals surface area contributed by atoms with Crippen molar-refractivity contribution in [3.63, 3.8) is 0 Å². The number of halogens is 4. The lowest BCUT2D eigenvalue weighted by Crippen LogP contribution is -2.19. The van der Waals surface area contributed by atoms with Crippen molar-refractivity contribution in [3.8, 4) is 0 Å². The molecule has 0 bridgehead atoms. The Labute approximate surface area is 190 Å². The predicted octanol–water partition coefficient (Wildman–Crippen LogP) is 7.27. The lowest BCUT2D eigenvalue weighted by Gasteiger charge is -2.18. The lowest BCUT2D eigenvalue weighted by atomic mass is 9.95. The third kappa shape index (κ3) is 5.98. The normalized spacial score (nSPS) is 12.7. The largest absolute Gasteiger partial charge is 0.399 e. The Balaban J connectivity index is 1.82. The maximum Gasteiger partial charge on any atom is 0.399 e. The van der Waals surface area contributed by atoms with Gasteiger partial charge in [0.15, 0.2) is 0 Å². The molecule has 166 valence electrons. The van der Waals surface area contributed by atoms with Crippen LogP contribution in [-0.4, -0.2) is 17.1 Å². The molecule has 0 saturated carbocycles. The van der Waals surface area contributed by atoms with Crippen molar-refractivity contribution in [1.82, 2.24) is 4.98 Å². The van der Waals surface area contributed by atoms with Crippen molar-refractivity contribution in [3.05, 3.63) is 99.3 Å². The molecule has 32 heavy (non-hydrogen) atoms. The van der Waals surface area contributed by atoms with Gasteiger partial charge in [-0.05, 0) is 73.4 Å². The van der Waals surface area contributed by atoms with Gasteiger partial charge in [0.2, 0.25) is 0 Å². The zero-order valence-corrected chi connectivity index (χ0v) is 18.6. The van der Waals surface area contributed by atoms with E-state index < -0.39 is 12.1 Å². The van der Waals surface area contributed by atoms with E-state index in [2.05, 4.69) is 10.3 Å². The van der Waals surface area contributed by atoms with E-state index in [4.69, 9.17) is 11.6 Å². The molecule has 1 aromatic heterocycles. The van der Waals surface area contributed by atoms with Crippen molar-refractivity contribution in [2.24, 2.45) is 0 Å². The maximum atomic E-state index is 13.7. The second-order valence-corrected chi connectivity index (χ2v) is 8.09. The van der Waals surface area contributed by atoms with E-state index >= 15 is 0 Å². The zero-order valence-electron chi connectivity index (χ0n) is 17.8. The number of nitrogens with zero attached hydrogens (tertiary/aromatic N) is 1. The summed E-state index contributed by atoms with van der Waals surface area (Å²) < 4.78 is 41.1. The molecule has 3 nitrogen and oxygen atoms in total. The summed E-state index contributed by atoms with van der Waals surface area (Å²) in [6, 6.07) is 12.8. The van der Waals surface area contributed by atoms with Gasteiger partial charge in [-0.1, -0.05) is 42.0 Å². The molecule has 1 N–H and O–H groups in total. The van der Waals surface area contributed by atoms with Crippen LogP contribution in [0.2, 0.25) is 5.02 Å². The Morgan fingerprint density at radius 2 is 1.81 bits per heavy atom. The number of aryl methyl sites for hydroxylation is 3. The van der Waals surface area contributed by atoms with Crippen molar-refractivity contribution < 1.29 is 18.0 Å². The molecule has 3 rings (SSSR count). The highest BCUT2D eigenvalue weighted by molar-refractivity contribution is 6.30. The molecule has 2 aromatic carbocycles. The van der Waals surface area contributed by atoms with Gasteiger partial charge in [0.1, 0.15) is 0 Å². The van der Waals surface area contributed by atoms with Crippen LogP contribution < -0.4 is 5.32 Å². The first-order valence-corrected chi connectivity index (χ1v) is 10.3. The fourth-order valence-electron chi connectivity index (χ4n) is 3.35. The number of rotatable bonds is 5. The third-order valence-electron chi connectivity index (χ3n) is 4.92. The first kappa shape index (κ1) is 23.5. The summed E-state index contributed by atoms with van der Waals surface area (Å²) in [5.41, 5.74) is 3.77. The van der Waals surface area contributed by atoms with Gasteiger partial charge in [-0.3, -0.25) is 9.78 Å². The van der Waals surface area contributed by atoms with Gasteiger partial charge in [-0.2, -0.15) is 13.2 Å². The Bertz CT molecular complexity index is 1130. The van der Waals surface area contributed by atoms with E-state index in [1.807, 2.05) is 6.92 Å². The molecule has 1 atom stereocenters. The second kappa shape index (κ2) is 9.57. The minimum absolute atomic E-state index is 0.0816. The Morgan fingerprint density at radius 3 is 2.41 bits per heavy atom. The van der Waals surface area contributed by atoms with E-state index in [1.54, 1.807) is 56.4 Å². The smallest absolute Gasteiger partial charge is 0.321 e. The molecular weight excluding hydrogens is 437 g/mol. The highest BCUT2D eigenvalue weighted by Gasteiger charge is 2.39. The summed E-state index contributed by atoms with van der Waals surface area (Å²) in [7, 11) is 0. The number of anilines is 1. The molecule has 0 aliphatic rings. The van der Waals surface area contributed by atoms with Crippen LogP contribution in [0.5, 0.6) is 0 Å². The molecule has 0 saturated heterocycles. The minimum Gasteiger partial charge on any atom is -0.321 e. The summed E-state index contributed by atoms with van der Waals surface area (Å²) >= 11 is 5.96. The average molecular weight is 459 g/mol. The van der Waals surface area contributed by atoms with Gasteiger partial charge in [0.05, 0.1) is 17.8 Å². The average Bonchev–Trinajstić information content (AvgIpc) is 2.68. The van der Waals surface area contributed by atoms with E-state index in [-0.39, 0.29) is 16.5 Å². The van der Waals surface area contributed by atoms with Gasteiger partial charge in [0.25, 0.3) is 5.91 Å². The second-order valence-electron chi connectivity index (χ2n) is 7.66. The number of nitrogens with one attached hydrogen (secondary N) is 1. The summed E-state index contributed by atoms with van der Waals surface area (Å²) in [6.07, 6.45) is -0.385. The molecule has 1 heterocycles. The van der Waals surface area contributed by atoms with E-state index in [0.717, 1.165) is 11.8 Å². The monoisotopic (exact) mass is 458 g/mol. The van der Waals surface area contributed by atoms with Gasteiger partial charge in [-0.15, -0.1) is 0 Å². The van der Waals surface area contributed by atoms with Crippen LogP contribution in [0.4, 0.5) is 18.9 Å². The summed E-state index contributed by atoms with van der Waals surface area (Å²) in [6.45, 7) is 5.28. The molecular formula is C25H22ClF3N2O. The first-order valence-electron chi connectivity index (χ1n) is 9.89. The van der Waals surface area contributed by atoms with Crippen molar-refractivity contribution in [2.45, 2.75) is 32.9 Å². The summed E-state index contributed by atoms with van der Waals surface area (Å²) in [5.74, 6) is -2.11. The number of carbonyl (C=O) groups excluding carboxylic acids is 1. The Morgan fingerprint density at radius 1 is 1.06 bits per heavy atom. The number of allylic oxidation sites excluding steroid dienone is 1. The van der Waals surface area contributed by atoms with Gasteiger partial charge < -0.3 is 5.32 Å². The first-order chi connectivity index (χ1) is 15.0. The number of alkyl halides is 3. The quantitative estimate of drug-likeness (QED) is 0.436. The van der Waals surface area contributed by atoms with E-state index in [9.17, 15) is 18.0 Å². The van der Waals surface area contributed by atoms with Crippen LogP contribution >= 0.6 is 11.6 Å². The van der Waals surface area contributed by atoms with Crippen LogP contribution in [0.3, 0.4) is 0 Å². The standard InChI is InChI=1S/C25H22ClF3N2O/c1-15-10-19(13-20(26)11-15)23(25(27,28)29)9-6-18-5-8-22(16(2)12-18)24(32)31-21-7-4-17(3)30-14-21/h4-14,23H,1-3H3,(H,31,32)/b9-6+. The van der Waals surface area contributed by atoms with E-state index in [0.29, 0.717) is 27.9 Å². The van der Waals surface area contributed by atoms with Crippen LogP contribution in [0, 0.1) is 20.8 Å². The fourth-order valence-corrected chi connectivity index (χ4v) is 3.64. The third-order valence-corrected chi connectivity index (χ3v) is 5.14. The minimum atomic E-state index is -4.47. The molecule has 1 unspecified atom stereocenters. The molecule has 3 aromatic rings. The maximum absolute atomic E-state index is 13.7. The van der Waals surface area contributed by atoms with Gasteiger partial charge in [0, 0.05) is 16.3 Å². The zero-order chi connectivity index (χ0) is 23.5. The van der Waals surface area contributed by atoms with Crippen molar-refractivity contribution in [1.29, 1.82) is 0 Å². The molecule has 0 aliphatic carbocycles. The SMILES string of the molecule is Cc1cc(Cl)cc(C(/C=C/c2ccc(C(=O)Nc3ccc(C)nc3)c(C)c2)C(F)(F)F)c1. The highest BCUT2D eigenvalue weighted by Crippen LogP contribution is 2.37. The molecule has 0 aliphatic heterocycles. The Kier molecular flexibility index (Phi) is 7.04. The van der Waals surface area contributed by atoms with Crippen LogP contribution in [-0.2, 0) is 0 Å². The molecule has 1 amide bonds. The molecule has 0 spiro atoms. The molecule has 0 fully saturated rings. The summed E-state index contributed by atoms with van der Waals surface area (Å²) in [4.78, 5) is 16.7. The van der Waals surface area contributed by atoms with Crippen LogP contribution in [0.1, 0.15) is 44.2 Å². The number of aromatic nitrogens is 1. The number of carbonyl (C=O) groups is 1. The fraction of sp³-hybridized carbons (Fsp3) is 0.200. The van der Waals surface area contributed by atoms with Crippen LogP contribution in [0.15, 0.2) is 60.8 Å². The van der Waals surface area contributed by atoms with Crippen molar-refractivity contribution >= 4 is 29.3 Å². The summed E-state index contributed by atoms with van der Waals surface area (Å²) in [5, 5.41) is 3.03. The highest BCUT2D eigenvalue weighted by atomic mass is 35.5. The van der Waals surface area contributed by atoms with Crippen molar-refractivity contribution in [2.75, 3.05) is 5.32 Å². The molecule has 7 heteroatoms. The van der Waals surface area contributed by atoms with Crippen LogP contribution in [0.25, 0.3) is 6.08 Å². The number of amides is 1.